The molecule has 1 aliphatic rings. The van der Waals surface area contributed by atoms with E-state index in [1.165, 1.54) is 6.92 Å². The summed E-state index contributed by atoms with van der Waals surface area (Å²) in [7, 11) is 0. The summed E-state index contributed by atoms with van der Waals surface area (Å²) in [5.41, 5.74) is -0.907. The highest BCUT2D eigenvalue weighted by atomic mass is 35.5. The topological polar surface area (TPSA) is 37.3 Å². The molecule has 1 atom stereocenters. The normalized spacial score (nSPS) is 38.1. The van der Waals surface area contributed by atoms with Gasteiger partial charge in [-0.1, -0.05) is 0 Å². The summed E-state index contributed by atoms with van der Waals surface area (Å²) in [5, 5.41) is 8.48. The number of hydrogen-bond donors (Lipinski definition) is 1. The molecule has 0 aliphatic heterocycles. The fourth-order valence-corrected chi connectivity index (χ4v) is 1.33. The molecule has 2 nitrogen and oxygen atoms in total. The van der Waals surface area contributed by atoms with Gasteiger partial charge in [0.1, 0.15) is 9.75 Å². The zero-order valence-electron chi connectivity index (χ0n) is 4.82. The van der Waals surface area contributed by atoms with Crippen molar-refractivity contribution in [3.63, 3.8) is 0 Å². The zero-order valence-corrected chi connectivity index (χ0v) is 6.33. The van der Waals surface area contributed by atoms with Crippen molar-refractivity contribution >= 4 is 29.2 Å². The predicted molar refractivity (Wildman–Crippen MR) is 34.8 cm³/mol. The first-order valence-corrected chi connectivity index (χ1v) is 3.27. The van der Waals surface area contributed by atoms with Gasteiger partial charge in [-0.15, -0.1) is 23.2 Å². The smallest absolute Gasteiger partial charge is 0.312 e. The van der Waals surface area contributed by atoms with Crippen molar-refractivity contribution in [1.82, 2.24) is 0 Å². The van der Waals surface area contributed by atoms with E-state index < -0.39 is 15.7 Å². The summed E-state index contributed by atoms with van der Waals surface area (Å²) in [4.78, 5) is 10.3. The molecular weight excluding hydrogens is 163 g/mol. The molecule has 1 N–H and O–H groups in total. The Kier molecular flexibility index (Phi) is 1.24. The Hall–Kier alpha value is 0.0500. The van der Waals surface area contributed by atoms with Crippen LogP contribution >= 0.6 is 23.2 Å². The van der Waals surface area contributed by atoms with E-state index in [-0.39, 0.29) is 0 Å². The molecule has 0 aromatic carbocycles. The molecule has 0 saturated heterocycles. The minimum atomic E-state index is -1.03. The molecule has 0 heterocycles. The Bertz CT molecular complexity index is 166. The second-order valence-electron chi connectivity index (χ2n) is 2.52. The lowest BCUT2D eigenvalue weighted by atomic mass is 10.1. The third-order valence-corrected chi connectivity index (χ3v) is 2.83. The van der Waals surface area contributed by atoms with E-state index in [0.717, 1.165) is 0 Å². The summed E-state index contributed by atoms with van der Waals surface area (Å²) >= 11 is 11.1. The molecule has 0 unspecified atom stereocenters. The van der Waals surface area contributed by atoms with Crippen molar-refractivity contribution in [3.8, 4) is 0 Å². The molecule has 1 rings (SSSR count). The van der Waals surface area contributed by atoms with Crippen LogP contribution in [0.2, 0.25) is 0 Å². The quantitative estimate of drug-likeness (QED) is 0.606. The molecule has 9 heavy (non-hydrogen) atoms. The average Bonchev–Trinajstić information content (AvgIpc) is 2.08. The predicted octanol–water partition coefficient (Wildman–Crippen LogP) is 1.65. The fourth-order valence-electron chi connectivity index (χ4n) is 0.632. The maximum absolute atomic E-state index is 10.3. The Morgan fingerprint density at radius 2 is 2.00 bits per heavy atom. The lowest BCUT2D eigenvalue weighted by Crippen LogP contribution is -2.16. The fraction of sp³-hybridized carbons (Fsp3) is 0.800. The molecule has 0 bridgehead atoms. The van der Waals surface area contributed by atoms with Gasteiger partial charge in [-0.3, -0.25) is 4.79 Å². The van der Waals surface area contributed by atoms with Crippen LogP contribution in [0.25, 0.3) is 0 Å². The molecular formula is C5H6Cl2O2. The number of carboxylic acid groups (broad SMARTS) is 1. The monoisotopic (exact) mass is 168 g/mol. The van der Waals surface area contributed by atoms with Crippen molar-refractivity contribution in [2.75, 3.05) is 0 Å². The lowest BCUT2D eigenvalue weighted by molar-refractivity contribution is -0.142. The van der Waals surface area contributed by atoms with E-state index in [0.29, 0.717) is 6.42 Å². The van der Waals surface area contributed by atoms with E-state index in [1.54, 1.807) is 0 Å². The first-order chi connectivity index (χ1) is 3.90. The van der Waals surface area contributed by atoms with Crippen LogP contribution in [0.5, 0.6) is 0 Å². The highest BCUT2D eigenvalue weighted by molar-refractivity contribution is 6.53. The Morgan fingerprint density at radius 3 is 2.00 bits per heavy atom. The van der Waals surface area contributed by atoms with E-state index in [2.05, 4.69) is 0 Å². The molecule has 1 saturated carbocycles. The SMILES string of the molecule is C[C@]1(C(=O)O)CC1(Cl)Cl. The second kappa shape index (κ2) is 1.55. The van der Waals surface area contributed by atoms with Crippen LogP contribution in [0.15, 0.2) is 0 Å². The van der Waals surface area contributed by atoms with E-state index in [9.17, 15) is 4.79 Å². The van der Waals surface area contributed by atoms with Gasteiger partial charge >= 0.3 is 5.97 Å². The third-order valence-electron chi connectivity index (χ3n) is 1.73. The highest BCUT2D eigenvalue weighted by Gasteiger charge is 2.68. The van der Waals surface area contributed by atoms with Gasteiger partial charge in [0, 0.05) is 6.42 Å². The van der Waals surface area contributed by atoms with Crippen LogP contribution in [0.1, 0.15) is 13.3 Å². The lowest BCUT2D eigenvalue weighted by Gasteiger charge is -2.02. The van der Waals surface area contributed by atoms with E-state index >= 15 is 0 Å². The zero-order chi connectivity index (χ0) is 7.28. The maximum Gasteiger partial charge on any atom is 0.312 e. The van der Waals surface area contributed by atoms with Crippen molar-refractivity contribution in [2.24, 2.45) is 5.41 Å². The summed E-state index contributed by atoms with van der Waals surface area (Å²) < 4.78 is -1.03. The summed E-state index contributed by atoms with van der Waals surface area (Å²) in [6.45, 7) is 1.54. The molecule has 0 aromatic rings. The summed E-state index contributed by atoms with van der Waals surface area (Å²) in [6.07, 6.45) is 0.346. The first-order valence-electron chi connectivity index (χ1n) is 2.51. The van der Waals surface area contributed by atoms with Crippen LogP contribution in [-0.4, -0.2) is 15.4 Å². The Morgan fingerprint density at radius 1 is 1.67 bits per heavy atom. The van der Waals surface area contributed by atoms with Crippen molar-refractivity contribution in [1.29, 1.82) is 0 Å². The highest BCUT2D eigenvalue weighted by Crippen LogP contribution is 2.63. The van der Waals surface area contributed by atoms with E-state index in [1.807, 2.05) is 0 Å². The van der Waals surface area contributed by atoms with Gasteiger partial charge in [0.15, 0.2) is 0 Å². The molecule has 0 amide bonds. The molecule has 1 aliphatic carbocycles. The van der Waals surface area contributed by atoms with Gasteiger partial charge < -0.3 is 5.11 Å². The second-order valence-corrected chi connectivity index (χ2v) is 4.00. The van der Waals surface area contributed by atoms with Gasteiger partial charge in [-0.25, -0.2) is 0 Å². The van der Waals surface area contributed by atoms with Crippen molar-refractivity contribution in [3.05, 3.63) is 0 Å². The van der Waals surface area contributed by atoms with Crippen LogP contribution in [-0.2, 0) is 4.79 Å². The largest absolute Gasteiger partial charge is 0.481 e. The first kappa shape index (κ1) is 7.16. The molecule has 4 heteroatoms. The molecule has 52 valence electrons. The number of aliphatic carboxylic acids is 1. The number of rotatable bonds is 1. The summed E-state index contributed by atoms with van der Waals surface area (Å²) in [5.74, 6) is -0.924. The van der Waals surface area contributed by atoms with Gasteiger partial charge in [0.2, 0.25) is 0 Å². The number of hydrogen-bond acceptors (Lipinski definition) is 1. The van der Waals surface area contributed by atoms with Crippen LogP contribution < -0.4 is 0 Å². The van der Waals surface area contributed by atoms with Crippen LogP contribution in [0.3, 0.4) is 0 Å². The standard InChI is InChI=1S/C5H6Cl2O2/c1-4(3(8)9)2-5(4,6)7/h2H2,1H3,(H,8,9)/t4-/m1/s1. The van der Waals surface area contributed by atoms with E-state index in [4.69, 9.17) is 28.3 Å². The molecule has 0 radical (unpaired) electrons. The van der Waals surface area contributed by atoms with Gasteiger partial charge in [0.05, 0.1) is 0 Å². The van der Waals surface area contributed by atoms with Crippen molar-refractivity contribution < 1.29 is 9.90 Å². The van der Waals surface area contributed by atoms with Crippen LogP contribution in [0, 0.1) is 5.41 Å². The molecule has 0 spiro atoms. The van der Waals surface area contributed by atoms with Gasteiger partial charge in [-0.05, 0) is 6.92 Å². The third kappa shape index (κ3) is 0.812. The molecule has 0 aromatic heterocycles. The number of halogens is 2. The number of carboxylic acids is 1. The Labute approximate surface area is 62.8 Å². The van der Waals surface area contributed by atoms with Gasteiger partial charge in [-0.2, -0.15) is 0 Å². The number of alkyl halides is 2. The summed E-state index contributed by atoms with van der Waals surface area (Å²) in [6, 6.07) is 0. The average molecular weight is 169 g/mol. The minimum Gasteiger partial charge on any atom is -0.481 e. The van der Waals surface area contributed by atoms with Crippen molar-refractivity contribution in [2.45, 2.75) is 17.7 Å². The van der Waals surface area contributed by atoms with Gasteiger partial charge in [0.25, 0.3) is 0 Å². The Balaban J connectivity index is 2.74. The molecule has 1 fully saturated rings. The minimum absolute atomic E-state index is 0.346. The maximum atomic E-state index is 10.3. The van der Waals surface area contributed by atoms with Crippen LogP contribution in [0.4, 0.5) is 0 Å². The number of carbonyl (C=O) groups is 1.